The summed E-state index contributed by atoms with van der Waals surface area (Å²) in [7, 11) is 0. The van der Waals surface area contributed by atoms with Crippen LogP contribution in [0, 0.1) is 17.8 Å². The van der Waals surface area contributed by atoms with Crippen LogP contribution in [0.2, 0.25) is 0 Å². The molecule has 1 amide bonds. The summed E-state index contributed by atoms with van der Waals surface area (Å²) in [5.74, 6) is 5.11. The molecule has 6 atom stereocenters. The van der Waals surface area contributed by atoms with Crippen molar-refractivity contribution < 1.29 is 9.53 Å². The lowest BCUT2D eigenvalue weighted by atomic mass is 9.93. The number of amides is 1. The van der Waals surface area contributed by atoms with Crippen molar-refractivity contribution in [3.05, 3.63) is 71.6 Å². The third kappa shape index (κ3) is 4.58. The Morgan fingerprint density at radius 1 is 0.818 bits per heavy atom. The molecule has 0 unspecified atom stereocenters. The van der Waals surface area contributed by atoms with Crippen molar-refractivity contribution in [2.45, 2.75) is 95.7 Å². The minimum Gasteiger partial charge on any atom is -0.444 e. The lowest BCUT2D eigenvalue weighted by Gasteiger charge is -2.29. The van der Waals surface area contributed by atoms with Gasteiger partial charge in [0.1, 0.15) is 17.2 Å². The van der Waals surface area contributed by atoms with E-state index in [2.05, 4.69) is 46.4 Å². The number of imidazole rings is 2. The predicted molar refractivity (Wildman–Crippen MR) is 170 cm³/mol. The van der Waals surface area contributed by atoms with Crippen LogP contribution < -0.4 is 0 Å². The van der Waals surface area contributed by atoms with E-state index in [0.717, 1.165) is 60.3 Å². The second-order valence-corrected chi connectivity index (χ2v) is 15.1. The van der Waals surface area contributed by atoms with E-state index < -0.39 is 5.60 Å². The molecular formula is C37H41N5O2. The van der Waals surface area contributed by atoms with Crippen LogP contribution in [-0.2, 0) is 17.6 Å². The van der Waals surface area contributed by atoms with Gasteiger partial charge in [-0.3, -0.25) is 4.90 Å². The standard InChI is InChI=1S/C37H41N5O2/c1-37(2,3)44-36(43)42-32-16-26(32)17-33(42)35-39-19-31(41-35)25-11-22-5-4-6-28(22)29(15-25)20-7-9-21(10-8-20)30-18-38-34(40-30)27-13-23-12-24(23)14-27/h7-11,15,18-19,23-24,26-27,32-33H,4-6,12-14,16-17H2,1-3H3,(H,38,40)(H,39,41)/t23-,24+,26-,27-,32-,33-/m1/s1. The molecule has 4 fully saturated rings. The summed E-state index contributed by atoms with van der Waals surface area (Å²) < 4.78 is 5.78. The number of hydrogen-bond acceptors (Lipinski definition) is 4. The van der Waals surface area contributed by atoms with Crippen LogP contribution in [0.25, 0.3) is 33.6 Å². The highest BCUT2D eigenvalue weighted by molar-refractivity contribution is 5.78. The van der Waals surface area contributed by atoms with E-state index in [1.165, 1.54) is 59.3 Å². The highest BCUT2D eigenvalue weighted by Crippen LogP contribution is 2.57. The Labute approximate surface area is 258 Å². The Kier molecular flexibility index (Phi) is 5.77. The largest absolute Gasteiger partial charge is 0.444 e. The highest BCUT2D eigenvalue weighted by Gasteiger charge is 2.56. The average molecular weight is 588 g/mol. The fraction of sp³-hybridized carbons (Fsp3) is 0.486. The van der Waals surface area contributed by atoms with Gasteiger partial charge in [-0.2, -0.15) is 0 Å². The van der Waals surface area contributed by atoms with Gasteiger partial charge in [-0.15, -0.1) is 0 Å². The van der Waals surface area contributed by atoms with Gasteiger partial charge in [0.15, 0.2) is 0 Å². The first-order valence-electron chi connectivity index (χ1n) is 16.7. The zero-order valence-corrected chi connectivity index (χ0v) is 25.9. The minimum atomic E-state index is -0.515. The second-order valence-electron chi connectivity index (χ2n) is 15.1. The number of fused-ring (bicyclic) bond motifs is 3. The van der Waals surface area contributed by atoms with E-state index in [4.69, 9.17) is 14.7 Å². The molecule has 0 bridgehead atoms. The number of carbonyl (C=O) groups is 1. The number of piperidine rings is 1. The Morgan fingerprint density at radius 2 is 1.52 bits per heavy atom. The van der Waals surface area contributed by atoms with Gasteiger partial charge in [0.05, 0.1) is 29.8 Å². The Balaban J connectivity index is 0.983. The van der Waals surface area contributed by atoms with Gasteiger partial charge in [0, 0.05) is 17.5 Å². The number of benzene rings is 2. The molecule has 7 heteroatoms. The van der Waals surface area contributed by atoms with Crippen LogP contribution in [0.5, 0.6) is 0 Å². The highest BCUT2D eigenvalue weighted by atomic mass is 16.6. The first-order chi connectivity index (χ1) is 21.3. The van der Waals surface area contributed by atoms with Crippen LogP contribution in [-0.4, -0.2) is 42.6 Å². The maximum Gasteiger partial charge on any atom is 0.411 e. The number of hydrogen-bond donors (Lipinski definition) is 2. The molecule has 1 aliphatic heterocycles. The van der Waals surface area contributed by atoms with Gasteiger partial charge in [-0.1, -0.05) is 24.3 Å². The van der Waals surface area contributed by atoms with Crippen molar-refractivity contribution in [2.75, 3.05) is 0 Å². The summed E-state index contributed by atoms with van der Waals surface area (Å²) in [5.41, 5.74) is 9.41. The fourth-order valence-corrected chi connectivity index (χ4v) is 8.51. The van der Waals surface area contributed by atoms with Crippen LogP contribution in [0.1, 0.15) is 94.0 Å². The van der Waals surface area contributed by atoms with Crippen molar-refractivity contribution in [1.82, 2.24) is 24.8 Å². The van der Waals surface area contributed by atoms with Gasteiger partial charge in [0.2, 0.25) is 0 Å². The molecule has 7 nitrogen and oxygen atoms in total. The van der Waals surface area contributed by atoms with Gasteiger partial charge in [-0.25, -0.2) is 14.8 Å². The van der Waals surface area contributed by atoms with Crippen molar-refractivity contribution in [3.63, 3.8) is 0 Å². The summed E-state index contributed by atoms with van der Waals surface area (Å²) in [6.45, 7) is 5.78. The lowest BCUT2D eigenvalue weighted by Crippen LogP contribution is -2.38. The van der Waals surface area contributed by atoms with Crippen LogP contribution >= 0.6 is 0 Å². The van der Waals surface area contributed by atoms with Crippen LogP contribution in [0.3, 0.4) is 0 Å². The number of nitrogens with one attached hydrogen (secondary N) is 2. The number of aryl methyl sites for hydroxylation is 1. The number of likely N-dealkylation sites (tertiary alicyclic amines) is 1. The van der Waals surface area contributed by atoms with E-state index in [-0.39, 0.29) is 18.2 Å². The summed E-state index contributed by atoms with van der Waals surface area (Å²) in [4.78, 5) is 31.9. The smallest absolute Gasteiger partial charge is 0.411 e. The molecule has 44 heavy (non-hydrogen) atoms. The Hall–Kier alpha value is -3.87. The molecule has 0 spiro atoms. The van der Waals surface area contributed by atoms with Gasteiger partial charge in [-0.05, 0) is 130 Å². The molecule has 3 saturated carbocycles. The topological polar surface area (TPSA) is 86.9 Å². The molecule has 2 aromatic carbocycles. The fourth-order valence-electron chi connectivity index (χ4n) is 8.51. The maximum atomic E-state index is 13.1. The number of aromatic amines is 2. The molecular weight excluding hydrogens is 546 g/mol. The van der Waals surface area contributed by atoms with E-state index >= 15 is 0 Å². The van der Waals surface area contributed by atoms with Gasteiger partial charge >= 0.3 is 6.09 Å². The number of aromatic nitrogens is 4. The number of rotatable bonds is 5. The predicted octanol–water partition coefficient (Wildman–Crippen LogP) is 8.21. The summed E-state index contributed by atoms with van der Waals surface area (Å²) in [5, 5.41) is 0. The van der Waals surface area contributed by atoms with E-state index in [9.17, 15) is 4.79 Å². The monoisotopic (exact) mass is 587 g/mol. The second kappa shape index (κ2) is 9.56. The molecule has 3 heterocycles. The molecule has 9 rings (SSSR count). The average Bonchev–Trinajstić information content (AvgIpc) is 3.53. The lowest BCUT2D eigenvalue weighted by molar-refractivity contribution is 0.0175. The summed E-state index contributed by atoms with van der Waals surface area (Å²) >= 11 is 0. The zero-order valence-electron chi connectivity index (χ0n) is 25.9. The number of ether oxygens (including phenoxy) is 1. The number of carbonyl (C=O) groups excluding carboxylic acids is 1. The van der Waals surface area contributed by atoms with Gasteiger partial charge < -0.3 is 14.7 Å². The SMILES string of the molecule is CC(C)(C)OC(=O)N1[C@@H](c2ncc(-c3cc4c(c(-c5ccc(-c6cnc([C@H]7C[C@@H]8C[C@@H]8C7)[nH]6)cc5)c3)CCC4)[nH]2)C[C@H]2C[C@H]21. The Bertz CT molecular complexity index is 1750. The molecule has 226 valence electrons. The van der Waals surface area contributed by atoms with Crippen molar-refractivity contribution in [1.29, 1.82) is 0 Å². The zero-order chi connectivity index (χ0) is 29.7. The number of nitrogens with zero attached hydrogens (tertiary/aromatic N) is 3. The normalized spacial score (nSPS) is 28.1. The third-order valence-electron chi connectivity index (χ3n) is 10.9. The number of H-pyrrole nitrogens is 2. The molecule has 5 aliphatic rings. The van der Waals surface area contributed by atoms with E-state index in [1.54, 1.807) is 0 Å². The first-order valence-corrected chi connectivity index (χ1v) is 16.7. The molecule has 2 N–H and O–H groups in total. The summed E-state index contributed by atoms with van der Waals surface area (Å²) in [6.07, 6.45) is 13.2. The van der Waals surface area contributed by atoms with Gasteiger partial charge in [0.25, 0.3) is 0 Å². The molecule has 4 aliphatic carbocycles. The minimum absolute atomic E-state index is 0.0638. The third-order valence-corrected chi connectivity index (χ3v) is 10.9. The molecule has 2 aromatic heterocycles. The van der Waals surface area contributed by atoms with Crippen LogP contribution in [0.4, 0.5) is 4.79 Å². The summed E-state index contributed by atoms with van der Waals surface area (Å²) in [6, 6.07) is 13.9. The molecule has 4 aromatic rings. The van der Waals surface area contributed by atoms with Crippen LogP contribution in [0.15, 0.2) is 48.8 Å². The molecule has 1 saturated heterocycles. The van der Waals surface area contributed by atoms with Crippen molar-refractivity contribution in [3.8, 4) is 33.6 Å². The van der Waals surface area contributed by atoms with Crippen molar-refractivity contribution >= 4 is 6.09 Å². The quantitative estimate of drug-likeness (QED) is 0.246. The molecule has 0 radical (unpaired) electrons. The van der Waals surface area contributed by atoms with E-state index in [0.29, 0.717) is 11.8 Å². The first kappa shape index (κ1) is 26.5. The Morgan fingerprint density at radius 3 is 2.30 bits per heavy atom. The van der Waals surface area contributed by atoms with E-state index in [1.807, 2.05) is 38.1 Å². The van der Waals surface area contributed by atoms with Crippen molar-refractivity contribution in [2.24, 2.45) is 17.8 Å². The maximum absolute atomic E-state index is 13.1.